The molecule has 3 nitrogen and oxygen atoms in total. The molecule has 0 spiro atoms. The van der Waals surface area contributed by atoms with Crippen LogP contribution in [-0.4, -0.2) is 18.9 Å². The van der Waals surface area contributed by atoms with Gasteiger partial charge in [0, 0.05) is 5.56 Å². The predicted octanol–water partition coefficient (Wildman–Crippen LogP) is 2.52. The molecule has 0 aliphatic heterocycles. The first-order valence-corrected chi connectivity index (χ1v) is 5.80. The summed E-state index contributed by atoms with van der Waals surface area (Å²) in [6, 6.07) is 7.36. The van der Waals surface area contributed by atoms with Gasteiger partial charge >= 0.3 is 5.97 Å². The van der Waals surface area contributed by atoms with Gasteiger partial charge in [-0.25, -0.2) is 0 Å². The van der Waals surface area contributed by atoms with E-state index in [2.05, 4.69) is 0 Å². The molecule has 0 aromatic heterocycles. The average molecular weight is 232 g/mol. The maximum absolute atomic E-state index is 12.4. The number of carbonyl (C=O) groups excluding carboxylic acids is 2. The van der Waals surface area contributed by atoms with Crippen LogP contribution in [0.1, 0.15) is 35.2 Å². The molecule has 1 saturated carbocycles. The van der Waals surface area contributed by atoms with Gasteiger partial charge in [0.05, 0.1) is 7.11 Å². The van der Waals surface area contributed by atoms with Gasteiger partial charge in [-0.3, -0.25) is 9.59 Å². The molecule has 1 aromatic carbocycles. The lowest BCUT2D eigenvalue weighted by Crippen LogP contribution is -2.46. The molecular weight excluding hydrogens is 216 g/mol. The lowest BCUT2D eigenvalue weighted by Gasteiger charge is -2.37. The molecule has 3 heteroatoms. The summed E-state index contributed by atoms with van der Waals surface area (Å²) in [5.74, 6) is -0.491. The second kappa shape index (κ2) is 4.32. The van der Waals surface area contributed by atoms with E-state index in [1.807, 2.05) is 25.1 Å². The standard InChI is InChI=1S/C14H16O3/c1-10-5-3-6-11(9-10)12(15)14(7-4-8-14)13(16)17-2/h3,5-6,9H,4,7-8H2,1-2H3. The molecule has 1 aliphatic carbocycles. The molecule has 90 valence electrons. The van der Waals surface area contributed by atoms with Crippen LogP contribution in [0.5, 0.6) is 0 Å². The van der Waals surface area contributed by atoms with E-state index >= 15 is 0 Å². The third-order valence-corrected chi connectivity index (χ3v) is 3.50. The largest absolute Gasteiger partial charge is 0.468 e. The summed E-state index contributed by atoms with van der Waals surface area (Å²) in [5, 5.41) is 0. The summed E-state index contributed by atoms with van der Waals surface area (Å²) in [4.78, 5) is 24.2. The van der Waals surface area contributed by atoms with Crippen LogP contribution in [0, 0.1) is 12.3 Å². The number of ether oxygens (including phenoxy) is 1. The Balaban J connectivity index is 2.33. The smallest absolute Gasteiger partial charge is 0.319 e. The molecule has 0 saturated heterocycles. The lowest BCUT2D eigenvalue weighted by molar-refractivity contribution is -0.153. The molecular formula is C14H16O3. The molecule has 1 fully saturated rings. The number of Topliss-reactive ketones (excluding diaryl/α,β-unsaturated/α-hetero) is 1. The van der Waals surface area contributed by atoms with Gasteiger partial charge < -0.3 is 4.74 Å². The van der Waals surface area contributed by atoms with Gasteiger partial charge in [0.1, 0.15) is 5.41 Å². The van der Waals surface area contributed by atoms with Crippen LogP contribution in [0.3, 0.4) is 0 Å². The molecule has 1 aromatic rings. The zero-order chi connectivity index (χ0) is 12.5. The van der Waals surface area contributed by atoms with E-state index in [1.165, 1.54) is 7.11 Å². The Morgan fingerprint density at radius 1 is 1.29 bits per heavy atom. The number of aryl methyl sites for hydroxylation is 1. The quantitative estimate of drug-likeness (QED) is 0.457. The van der Waals surface area contributed by atoms with Crippen LogP contribution in [0.15, 0.2) is 24.3 Å². The Labute approximate surface area is 101 Å². The first-order chi connectivity index (χ1) is 8.10. The van der Waals surface area contributed by atoms with Crippen LogP contribution >= 0.6 is 0 Å². The number of methoxy groups -OCH3 is 1. The normalized spacial score (nSPS) is 17.1. The monoisotopic (exact) mass is 232 g/mol. The SMILES string of the molecule is COC(=O)C1(C(=O)c2cccc(C)c2)CCC1. The second-order valence-electron chi connectivity index (χ2n) is 4.63. The third kappa shape index (κ3) is 1.86. The van der Waals surface area contributed by atoms with Crippen LogP contribution in [-0.2, 0) is 9.53 Å². The highest BCUT2D eigenvalue weighted by atomic mass is 16.5. The van der Waals surface area contributed by atoms with Crippen LogP contribution < -0.4 is 0 Å². The van der Waals surface area contributed by atoms with Crippen molar-refractivity contribution in [3.05, 3.63) is 35.4 Å². The van der Waals surface area contributed by atoms with Gasteiger partial charge in [0.2, 0.25) is 0 Å². The van der Waals surface area contributed by atoms with Crippen molar-refractivity contribution in [2.24, 2.45) is 5.41 Å². The summed E-state index contributed by atoms with van der Waals surface area (Å²) < 4.78 is 4.77. The molecule has 0 unspecified atom stereocenters. The van der Waals surface area contributed by atoms with E-state index in [4.69, 9.17) is 4.74 Å². The van der Waals surface area contributed by atoms with E-state index in [0.717, 1.165) is 12.0 Å². The molecule has 2 rings (SSSR count). The number of hydrogen-bond acceptors (Lipinski definition) is 3. The molecule has 0 bridgehead atoms. The van der Waals surface area contributed by atoms with Crippen molar-refractivity contribution in [2.75, 3.05) is 7.11 Å². The third-order valence-electron chi connectivity index (χ3n) is 3.50. The molecule has 1 aliphatic rings. The Kier molecular flexibility index (Phi) is 3.01. The van der Waals surface area contributed by atoms with Gasteiger partial charge in [0.15, 0.2) is 5.78 Å². The van der Waals surface area contributed by atoms with Crippen molar-refractivity contribution < 1.29 is 14.3 Å². The van der Waals surface area contributed by atoms with Gasteiger partial charge in [0.25, 0.3) is 0 Å². The first kappa shape index (κ1) is 11.8. The molecule has 0 atom stereocenters. The zero-order valence-electron chi connectivity index (χ0n) is 10.2. The Bertz CT molecular complexity index is 458. The first-order valence-electron chi connectivity index (χ1n) is 5.80. The number of carbonyl (C=O) groups is 2. The van der Waals surface area contributed by atoms with E-state index in [9.17, 15) is 9.59 Å². The summed E-state index contributed by atoms with van der Waals surface area (Å²) >= 11 is 0. The summed E-state index contributed by atoms with van der Waals surface area (Å²) in [5.41, 5.74) is 0.716. The minimum atomic E-state index is -0.914. The van der Waals surface area contributed by atoms with E-state index in [0.29, 0.717) is 18.4 Å². The van der Waals surface area contributed by atoms with Crippen molar-refractivity contribution in [3.8, 4) is 0 Å². The fourth-order valence-electron chi connectivity index (χ4n) is 2.31. The van der Waals surface area contributed by atoms with Crippen molar-refractivity contribution in [1.29, 1.82) is 0 Å². The predicted molar refractivity (Wildman–Crippen MR) is 63.8 cm³/mol. The van der Waals surface area contributed by atoms with Gasteiger partial charge in [-0.05, 0) is 25.8 Å². The van der Waals surface area contributed by atoms with Gasteiger partial charge in [-0.1, -0.05) is 30.2 Å². The van der Waals surface area contributed by atoms with Crippen LogP contribution in [0.25, 0.3) is 0 Å². The molecule has 0 amide bonds. The highest BCUT2D eigenvalue weighted by Gasteiger charge is 2.51. The van der Waals surface area contributed by atoms with E-state index in [1.54, 1.807) is 6.07 Å². The van der Waals surface area contributed by atoms with E-state index in [-0.39, 0.29) is 5.78 Å². The Hall–Kier alpha value is -1.64. The van der Waals surface area contributed by atoms with Crippen molar-refractivity contribution in [1.82, 2.24) is 0 Å². The number of esters is 1. The molecule has 17 heavy (non-hydrogen) atoms. The number of benzene rings is 1. The number of ketones is 1. The highest BCUT2D eigenvalue weighted by molar-refractivity contribution is 6.13. The Morgan fingerprint density at radius 2 is 2.00 bits per heavy atom. The Morgan fingerprint density at radius 3 is 2.47 bits per heavy atom. The molecule has 0 heterocycles. The summed E-state index contributed by atoms with van der Waals surface area (Å²) in [6.07, 6.45) is 2.12. The summed E-state index contributed by atoms with van der Waals surface area (Å²) in [7, 11) is 1.34. The van der Waals surface area contributed by atoms with Crippen LogP contribution in [0.2, 0.25) is 0 Å². The van der Waals surface area contributed by atoms with Gasteiger partial charge in [-0.15, -0.1) is 0 Å². The summed E-state index contributed by atoms with van der Waals surface area (Å²) in [6.45, 7) is 1.93. The number of hydrogen-bond donors (Lipinski definition) is 0. The number of rotatable bonds is 3. The fourth-order valence-corrected chi connectivity index (χ4v) is 2.31. The van der Waals surface area contributed by atoms with E-state index < -0.39 is 11.4 Å². The molecule has 0 N–H and O–H groups in total. The highest BCUT2D eigenvalue weighted by Crippen LogP contribution is 2.44. The average Bonchev–Trinajstić information content (AvgIpc) is 2.27. The minimum absolute atomic E-state index is 0.0979. The fraction of sp³-hybridized carbons (Fsp3) is 0.429. The minimum Gasteiger partial charge on any atom is -0.468 e. The topological polar surface area (TPSA) is 43.4 Å². The zero-order valence-corrected chi connectivity index (χ0v) is 10.2. The second-order valence-corrected chi connectivity index (χ2v) is 4.63. The van der Waals surface area contributed by atoms with Crippen LogP contribution in [0.4, 0.5) is 0 Å². The van der Waals surface area contributed by atoms with Gasteiger partial charge in [-0.2, -0.15) is 0 Å². The lowest BCUT2D eigenvalue weighted by atomic mass is 9.64. The van der Waals surface area contributed by atoms with Crippen molar-refractivity contribution >= 4 is 11.8 Å². The maximum atomic E-state index is 12.4. The van der Waals surface area contributed by atoms with Crippen molar-refractivity contribution in [3.63, 3.8) is 0 Å². The van der Waals surface area contributed by atoms with Crippen molar-refractivity contribution in [2.45, 2.75) is 26.2 Å². The molecule has 0 radical (unpaired) electrons. The maximum Gasteiger partial charge on any atom is 0.319 e.